The van der Waals surface area contributed by atoms with Crippen LogP contribution in [0.1, 0.15) is 40.3 Å². The highest BCUT2D eigenvalue weighted by molar-refractivity contribution is 9.10. The number of halogens is 1. The van der Waals surface area contributed by atoms with Crippen LogP contribution in [0.2, 0.25) is 0 Å². The lowest BCUT2D eigenvalue weighted by atomic mass is 9.67. The van der Waals surface area contributed by atoms with Gasteiger partial charge in [0.2, 0.25) is 0 Å². The molecule has 0 amide bonds. The van der Waals surface area contributed by atoms with E-state index in [1.807, 2.05) is 0 Å². The van der Waals surface area contributed by atoms with Gasteiger partial charge in [-0.25, -0.2) is 0 Å². The van der Waals surface area contributed by atoms with E-state index in [4.69, 9.17) is 0 Å². The smallest absolute Gasteiger partial charge is 0.0620 e. The van der Waals surface area contributed by atoms with E-state index in [1.54, 1.807) is 0 Å². The second-order valence-electron chi connectivity index (χ2n) is 8.32. The van der Waals surface area contributed by atoms with Crippen LogP contribution in [0.4, 0.5) is 0 Å². The highest BCUT2D eigenvalue weighted by atomic mass is 79.9. The van der Waals surface area contributed by atoms with Crippen LogP contribution in [0, 0.1) is 6.92 Å². The Bertz CT molecular complexity index is 1370. The molecule has 6 rings (SSSR count). The number of benzene rings is 4. The lowest BCUT2D eigenvalue weighted by Gasteiger charge is -2.33. The average molecular weight is 449 g/mol. The standard InChI is InChI=1S/C29H21Br/c1-18-10-3-4-11-20(18)28-19(2)21-12-5-7-14-23(21)29(28)24-15-8-6-13-22(24)27-25(29)16-9-17-26(27)30/h3-17H,1-2H3. The molecule has 4 aromatic carbocycles. The Labute approximate surface area is 186 Å². The van der Waals surface area contributed by atoms with Gasteiger partial charge < -0.3 is 0 Å². The first-order valence-corrected chi connectivity index (χ1v) is 11.2. The number of aryl methyl sites for hydroxylation is 1. The van der Waals surface area contributed by atoms with E-state index in [0.717, 1.165) is 4.47 Å². The van der Waals surface area contributed by atoms with E-state index >= 15 is 0 Å². The first kappa shape index (κ1) is 17.9. The zero-order valence-corrected chi connectivity index (χ0v) is 18.6. The summed E-state index contributed by atoms with van der Waals surface area (Å²) in [6.07, 6.45) is 0. The molecule has 0 N–H and O–H groups in total. The zero-order chi connectivity index (χ0) is 20.5. The third-order valence-corrected chi connectivity index (χ3v) is 7.58. The van der Waals surface area contributed by atoms with Crippen molar-refractivity contribution < 1.29 is 0 Å². The van der Waals surface area contributed by atoms with Crippen molar-refractivity contribution in [1.82, 2.24) is 0 Å². The Morgan fingerprint density at radius 2 is 1.13 bits per heavy atom. The van der Waals surface area contributed by atoms with Gasteiger partial charge in [0.15, 0.2) is 0 Å². The fourth-order valence-electron chi connectivity index (χ4n) is 5.79. The maximum Gasteiger partial charge on any atom is 0.0728 e. The van der Waals surface area contributed by atoms with Gasteiger partial charge in [-0.3, -0.25) is 0 Å². The second kappa shape index (κ2) is 6.30. The van der Waals surface area contributed by atoms with Crippen molar-refractivity contribution in [3.63, 3.8) is 0 Å². The molecule has 0 aromatic heterocycles. The molecular weight excluding hydrogens is 428 g/mol. The summed E-state index contributed by atoms with van der Waals surface area (Å²) in [5.74, 6) is 0. The summed E-state index contributed by atoms with van der Waals surface area (Å²) >= 11 is 3.88. The summed E-state index contributed by atoms with van der Waals surface area (Å²) in [6, 6.07) is 33.4. The van der Waals surface area contributed by atoms with Gasteiger partial charge in [-0.2, -0.15) is 0 Å². The van der Waals surface area contributed by atoms with Gasteiger partial charge in [0, 0.05) is 10.0 Å². The summed E-state index contributed by atoms with van der Waals surface area (Å²) in [5.41, 5.74) is 13.3. The van der Waals surface area contributed by atoms with Crippen molar-refractivity contribution >= 4 is 27.1 Å². The summed E-state index contributed by atoms with van der Waals surface area (Å²) in [7, 11) is 0. The Morgan fingerprint density at radius 1 is 0.567 bits per heavy atom. The van der Waals surface area contributed by atoms with Crippen LogP contribution >= 0.6 is 15.9 Å². The van der Waals surface area contributed by atoms with Crippen LogP contribution in [-0.4, -0.2) is 0 Å². The van der Waals surface area contributed by atoms with Crippen LogP contribution in [0.15, 0.2) is 95.5 Å². The predicted molar refractivity (Wildman–Crippen MR) is 130 cm³/mol. The van der Waals surface area contributed by atoms with Crippen molar-refractivity contribution in [3.8, 4) is 11.1 Å². The molecular formula is C29H21Br. The van der Waals surface area contributed by atoms with E-state index in [1.165, 1.54) is 55.7 Å². The van der Waals surface area contributed by atoms with Crippen molar-refractivity contribution in [1.29, 1.82) is 0 Å². The van der Waals surface area contributed by atoms with Gasteiger partial charge >= 0.3 is 0 Å². The van der Waals surface area contributed by atoms with Crippen LogP contribution < -0.4 is 0 Å². The third-order valence-electron chi connectivity index (χ3n) is 6.92. The first-order valence-electron chi connectivity index (χ1n) is 10.4. The van der Waals surface area contributed by atoms with E-state index < -0.39 is 0 Å². The largest absolute Gasteiger partial charge is 0.0728 e. The minimum Gasteiger partial charge on any atom is -0.0620 e. The number of allylic oxidation sites excluding steroid dienone is 2. The van der Waals surface area contributed by atoms with Crippen LogP contribution in [0.5, 0.6) is 0 Å². The van der Waals surface area contributed by atoms with Crippen LogP contribution in [-0.2, 0) is 5.41 Å². The molecule has 0 radical (unpaired) electrons. The molecule has 1 atom stereocenters. The van der Waals surface area contributed by atoms with Gasteiger partial charge in [0.1, 0.15) is 0 Å². The van der Waals surface area contributed by atoms with E-state index in [0.29, 0.717) is 0 Å². The van der Waals surface area contributed by atoms with Gasteiger partial charge in [0.25, 0.3) is 0 Å². The number of hydrogen-bond acceptors (Lipinski definition) is 0. The molecule has 0 aliphatic heterocycles. The number of rotatable bonds is 1. The van der Waals surface area contributed by atoms with Crippen molar-refractivity contribution in [3.05, 3.63) is 129 Å². The Morgan fingerprint density at radius 3 is 1.87 bits per heavy atom. The molecule has 0 saturated carbocycles. The predicted octanol–water partition coefficient (Wildman–Crippen LogP) is 8.02. The Hall–Kier alpha value is -2.90. The van der Waals surface area contributed by atoms with Crippen molar-refractivity contribution in [2.75, 3.05) is 0 Å². The van der Waals surface area contributed by atoms with E-state index in [9.17, 15) is 0 Å². The van der Waals surface area contributed by atoms with E-state index in [2.05, 4.69) is 121 Å². The summed E-state index contributed by atoms with van der Waals surface area (Å²) in [4.78, 5) is 0. The minimum absolute atomic E-state index is 0.289. The Balaban J connectivity index is 1.86. The second-order valence-corrected chi connectivity index (χ2v) is 9.17. The molecule has 2 aliphatic carbocycles. The summed E-state index contributed by atoms with van der Waals surface area (Å²) < 4.78 is 1.16. The molecule has 30 heavy (non-hydrogen) atoms. The molecule has 4 aromatic rings. The number of fused-ring (bicyclic) bond motifs is 7. The molecule has 0 heterocycles. The Kier molecular flexibility index (Phi) is 3.76. The van der Waals surface area contributed by atoms with Crippen LogP contribution in [0.3, 0.4) is 0 Å². The normalized spacial score (nSPS) is 18.5. The monoisotopic (exact) mass is 448 g/mol. The molecule has 2 aliphatic rings. The molecule has 1 heteroatoms. The number of hydrogen-bond donors (Lipinski definition) is 0. The molecule has 0 saturated heterocycles. The SMILES string of the molecule is CC1=C(c2ccccc2C)C2(c3ccccc31)c1ccccc1-c1c(Br)cccc12. The van der Waals surface area contributed by atoms with E-state index in [-0.39, 0.29) is 5.41 Å². The van der Waals surface area contributed by atoms with Crippen molar-refractivity contribution in [2.24, 2.45) is 0 Å². The minimum atomic E-state index is -0.289. The molecule has 144 valence electrons. The molecule has 0 fully saturated rings. The zero-order valence-electron chi connectivity index (χ0n) is 17.0. The molecule has 0 bridgehead atoms. The van der Waals surface area contributed by atoms with Gasteiger partial charge in [-0.1, -0.05) is 101 Å². The lowest BCUT2D eigenvalue weighted by Crippen LogP contribution is -2.27. The third kappa shape index (κ3) is 2.06. The topological polar surface area (TPSA) is 0 Å². The maximum absolute atomic E-state index is 3.88. The van der Waals surface area contributed by atoms with Gasteiger partial charge in [0.05, 0.1) is 5.41 Å². The highest BCUT2D eigenvalue weighted by Crippen LogP contribution is 2.65. The summed E-state index contributed by atoms with van der Waals surface area (Å²) in [5, 5.41) is 0. The highest BCUT2D eigenvalue weighted by Gasteiger charge is 2.53. The molecule has 1 spiro atoms. The molecule has 0 nitrogen and oxygen atoms in total. The van der Waals surface area contributed by atoms with Gasteiger partial charge in [-0.15, -0.1) is 0 Å². The average Bonchev–Trinajstić information content (AvgIpc) is 3.21. The first-order chi connectivity index (χ1) is 14.7. The lowest BCUT2D eigenvalue weighted by molar-refractivity contribution is 0.840. The summed E-state index contributed by atoms with van der Waals surface area (Å²) in [6.45, 7) is 4.53. The fraction of sp³-hybridized carbons (Fsp3) is 0.103. The van der Waals surface area contributed by atoms with Crippen molar-refractivity contribution in [2.45, 2.75) is 19.3 Å². The maximum atomic E-state index is 3.88. The van der Waals surface area contributed by atoms with Crippen LogP contribution in [0.25, 0.3) is 22.3 Å². The fourth-order valence-corrected chi connectivity index (χ4v) is 6.37. The molecule has 1 unspecified atom stereocenters. The van der Waals surface area contributed by atoms with Gasteiger partial charge in [-0.05, 0) is 70.0 Å². The quantitative estimate of drug-likeness (QED) is 0.276.